The van der Waals surface area contributed by atoms with Crippen molar-refractivity contribution in [1.82, 2.24) is 14.9 Å². The Labute approximate surface area is 182 Å². The van der Waals surface area contributed by atoms with Gasteiger partial charge >= 0.3 is 0 Å². The first-order valence-electron chi connectivity index (χ1n) is 10.8. The van der Waals surface area contributed by atoms with Crippen LogP contribution in [0.5, 0.6) is 0 Å². The fraction of sp³-hybridized carbons (Fsp3) is 0.682. The fourth-order valence-corrected chi connectivity index (χ4v) is 5.04. The van der Waals surface area contributed by atoms with E-state index >= 15 is 0 Å². The quantitative estimate of drug-likeness (QED) is 0.581. The van der Waals surface area contributed by atoms with Crippen LogP contribution in [0.25, 0.3) is 0 Å². The molecule has 170 valence electrons. The molecule has 0 spiro atoms. The molecule has 0 aromatic heterocycles. The SMILES string of the molecule is CC(C)CNc1cc(C(=O)NC[C@H]2CCCN(C)C2)cc(S(=O)(=O)NC(C)(C)C)c1. The van der Waals surface area contributed by atoms with Crippen LogP contribution in [0.2, 0.25) is 0 Å². The average Bonchev–Trinajstić information content (AvgIpc) is 2.62. The van der Waals surface area contributed by atoms with E-state index in [4.69, 9.17) is 0 Å². The zero-order chi connectivity index (χ0) is 22.5. The maximum absolute atomic E-state index is 12.9. The molecule has 1 fully saturated rings. The van der Waals surface area contributed by atoms with Gasteiger partial charge in [0, 0.05) is 36.4 Å². The van der Waals surface area contributed by atoms with Crippen molar-refractivity contribution in [2.24, 2.45) is 11.8 Å². The maximum Gasteiger partial charge on any atom is 0.251 e. The Kier molecular flexibility index (Phi) is 8.30. The zero-order valence-electron chi connectivity index (χ0n) is 19.2. The lowest BCUT2D eigenvalue weighted by Gasteiger charge is -2.29. The standard InChI is InChI=1S/C22H38N4O3S/c1-16(2)13-23-19-10-18(11-20(12-19)30(28,29)25-22(3,4)5)21(27)24-14-17-8-7-9-26(6)15-17/h10-12,16-17,23,25H,7-9,13-15H2,1-6H3,(H,24,27)/t17-/m1/s1. The van der Waals surface area contributed by atoms with Crippen LogP contribution in [0.4, 0.5) is 5.69 Å². The van der Waals surface area contributed by atoms with E-state index < -0.39 is 15.6 Å². The summed E-state index contributed by atoms with van der Waals surface area (Å²) < 4.78 is 28.4. The van der Waals surface area contributed by atoms with E-state index in [0.29, 0.717) is 36.2 Å². The van der Waals surface area contributed by atoms with Crippen LogP contribution in [0.1, 0.15) is 57.8 Å². The summed E-state index contributed by atoms with van der Waals surface area (Å²) in [5.41, 5.74) is 0.362. The molecule has 2 rings (SSSR count). The highest BCUT2D eigenvalue weighted by Gasteiger charge is 2.24. The Morgan fingerprint density at radius 2 is 1.93 bits per heavy atom. The second-order valence-corrected chi connectivity index (χ2v) is 11.5. The van der Waals surface area contributed by atoms with E-state index in [0.717, 1.165) is 25.9 Å². The minimum atomic E-state index is -3.75. The van der Waals surface area contributed by atoms with E-state index in [2.05, 4.69) is 41.2 Å². The van der Waals surface area contributed by atoms with Crippen molar-refractivity contribution in [3.63, 3.8) is 0 Å². The third-order valence-corrected chi connectivity index (χ3v) is 6.64. The van der Waals surface area contributed by atoms with Gasteiger partial charge in [-0.15, -0.1) is 0 Å². The second kappa shape index (κ2) is 10.1. The summed E-state index contributed by atoms with van der Waals surface area (Å²) in [6.07, 6.45) is 2.22. The van der Waals surface area contributed by atoms with Crippen LogP contribution in [-0.2, 0) is 10.0 Å². The average molecular weight is 439 g/mol. The Balaban J connectivity index is 2.23. The molecule has 1 aromatic rings. The molecule has 1 amide bonds. The topological polar surface area (TPSA) is 90.5 Å². The third kappa shape index (κ3) is 7.89. The molecule has 1 aliphatic rings. The molecule has 1 aromatic carbocycles. The molecule has 7 nitrogen and oxygen atoms in total. The molecule has 8 heteroatoms. The highest BCUT2D eigenvalue weighted by Crippen LogP contribution is 2.22. The molecular formula is C22H38N4O3S. The largest absolute Gasteiger partial charge is 0.385 e. The van der Waals surface area contributed by atoms with Crippen LogP contribution in [0, 0.1) is 11.8 Å². The van der Waals surface area contributed by atoms with Crippen LogP contribution < -0.4 is 15.4 Å². The van der Waals surface area contributed by atoms with Gasteiger partial charge in [0.2, 0.25) is 10.0 Å². The Bertz CT molecular complexity index is 831. The molecule has 1 atom stereocenters. The number of carbonyl (C=O) groups excluding carboxylic acids is 1. The molecule has 0 aliphatic carbocycles. The number of hydrogen-bond donors (Lipinski definition) is 3. The lowest BCUT2D eigenvalue weighted by molar-refractivity contribution is 0.0936. The number of anilines is 1. The monoisotopic (exact) mass is 438 g/mol. The van der Waals surface area contributed by atoms with E-state index in [1.165, 1.54) is 6.07 Å². The molecule has 1 aliphatic heterocycles. The first-order chi connectivity index (χ1) is 13.9. The summed E-state index contributed by atoms with van der Waals surface area (Å²) >= 11 is 0. The molecule has 0 unspecified atom stereocenters. The summed E-state index contributed by atoms with van der Waals surface area (Å²) in [5, 5.41) is 6.25. The summed E-state index contributed by atoms with van der Waals surface area (Å²) in [5.74, 6) is 0.558. The number of nitrogens with zero attached hydrogens (tertiary/aromatic N) is 1. The number of piperidine rings is 1. The summed E-state index contributed by atoms with van der Waals surface area (Å²) in [6.45, 7) is 12.9. The van der Waals surface area contributed by atoms with E-state index in [9.17, 15) is 13.2 Å². The molecule has 0 saturated carbocycles. The lowest BCUT2D eigenvalue weighted by Crippen LogP contribution is -2.40. The summed E-state index contributed by atoms with van der Waals surface area (Å²) in [4.78, 5) is 15.2. The number of nitrogens with one attached hydrogen (secondary N) is 3. The number of benzene rings is 1. The van der Waals surface area contributed by atoms with Crippen LogP contribution in [0.3, 0.4) is 0 Å². The third-order valence-electron chi connectivity index (χ3n) is 4.91. The Morgan fingerprint density at radius 3 is 2.53 bits per heavy atom. The second-order valence-electron chi connectivity index (χ2n) is 9.86. The maximum atomic E-state index is 12.9. The van der Waals surface area contributed by atoms with Gasteiger partial charge in [0.15, 0.2) is 0 Å². The number of rotatable bonds is 8. The van der Waals surface area contributed by atoms with Gasteiger partial charge < -0.3 is 15.5 Å². The van der Waals surface area contributed by atoms with E-state index in [1.54, 1.807) is 32.9 Å². The number of hydrogen-bond acceptors (Lipinski definition) is 5. The first kappa shape index (κ1) is 24.6. The summed E-state index contributed by atoms with van der Waals surface area (Å²) in [6, 6.07) is 4.76. The molecule has 1 saturated heterocycles. The minimum absolute atomic E-state index is 0.0914. The number of likely N-dealkylation sites (tertiary alicyclic amines) is 1. The molecule has 0 radical (unpaired) electrons. The van der Waals surface area contributed by atoms with Gasteiger partial charge in [0.05, 0.1) is 4.90 Å². The first-order valence-corrected chi connectivity index (χ1v) is 12.2. The number of carbonyl (C=O) groups is 1. The van der Waals surface area contributed by atoms with E-state index in [1.807, 2.05) is 0 Å². The number of sulfonamides is 1. The van der Waals surface area contributed by atoms with Crippen LogP contribution in [0.15, 0.2) is 23.1 Å². The van der Waals surface area contributed by atoms with Gasteiger partial charge in [0.25, 0.3) is 5.91 Å². The Hall–Kier alpha value is -1.64. The minimum Gasteiger partial charge on any atom is -0.385 e. The smallest absolute Gasteiger partial charge is 0.251 e. The lowest BCUT2D eigenvalue weighted by atomic mass is 9.98. The van der Waals surface area contributed by atoms with Gasteiger partial charge in [-0.3, -0.25) is 4.79 Å². The normalized spacial score (nSPS) is 18.4. The van der Waals surface area contributed by atoms with Crippen molar-refractivity contribution in [3.8, 4) is 0 Å². The molecule has 30 heavy (non-hydrogen) atoms. The van der Waals surface area contributed by atoms with E-state index in [-0.39, 0.29) is 10.8 Å². The van der Waals surface area contributed by atoms with Crippen LogP contribution >= 0.6 is 0 Å². The molecule has 1 heterocycles. The van der Waals surface area contributed by atoms with Gasteiger partial charge in [-0.25, -0.2) is 13.1 Å². The highest BCUT2D eigenvalue weighted by molar-refractivity contribution is 7.89. The molecule has 3 N–H and O–H groups in total. The van der Waals surface area contributed by atoms with Gasteiger partial charge in [-0.2, -0.15) is 0 Å². The predicted molar refractivity (Wildman–Crippen MR) is 122 cm³/mol. The zero-order valence-corrected chi connectivity index (χ0v) is 20.0. The van der Waals surface area contributed by atoms with Crippen molar-refractivity contribution in [1.29, 1.82) is 0 Å². The Morgan fingerprint density at radius 1 is 1.23 bits per heavy atom. The highest BCUT2D eigenvalue weighted by atomic mass is 32.2. The van der Waals surface area contributed by atoms with Gasteiger partial charge in [-0.1, -0.05) is 13.8 Å². The van der Waals surface area contributed by atoms with Gasteiger partial charge in [-0.05, 0) is 77.2 Å². The van der Waals surface area contributed by atoms with Gasteiger partial charge in [0.1, 0.15) is 0 Å². The molecular weight excluding hydrogens is 400 g/mol. The molecule has 0 bridgehead atoms. The van der Waals surface area contributed by atoms with Crippen molar-refractivity contribution in [2.75, 3.05) is 38.5 Å². The van der Waals surface area contributed by atoms with Crippen LogP contribution in [-0.4, -0.2) is 58.0 Å². The van der Waals surface area contributed by atoms with Crippen molar-refractivity contribution in [2.45, 2.75) is 57.9 Å². The van der Waals surface area contributed by atoms with Crippen molar-refractivity contribution >= 4 is 21.6 Å². The predicted octanol–water partition coefficient (Wildman–Crippen LogP) is 2.90. The fourth-order valence-electron chi connectivity index (χ4n) is 3.55. The van der Waals surface area contributed by atoms with Crippen molar-refractivity contribution < 1.29 is 13.2 Å². The number of amides is 1. The van der Waals surface area contributed by atoms with Crippen molar-refractivity contribution in [3.05, 3.63) is 23.8 Å². The summed E-state index contributed by atoms with van der Waals surface area (Å²) in [7, 11) is -1.66.